The molecule has 0 unspecified atom stereocenters. The summed E-state index contributed by atoms with van der Waals surface area (Å²) in [6.07, 6.45) is 1.23. The number of hydrogen-bond donors (Lipinski definition) is 1. The molecule has 0 amide bonds. The third-order valence-corrected chi connectivity index (χ3v) is 4.70. The summed E-state index contributed by atoms with van der Waals surface area (Å²) in [5.74, 6) is 0. The Hall–Kier alpha value is -2.26. The number of nitro groups is 1. The van der Waals surface area contributed by atoms with Crippen LogP contribution in [-0.2, 0) is 10.0 Å². The zero-order valence-electron chi connectivity index (χ0n) is 10.9. The van der Waals surface area contributed by atoms with Crippen molar-refractivity contribution in [2.75, 3.05) is 0 Å². The average molecular weight is 325 g/mol. The minimum absolute atomic E-state index is 0.0298. The van der Waals surface area contributed by atoms with Crippen LogP contribution in [0.2, 0.25) is 0 Å². The summed E-state index contributed by atoms with van der Waals surface area (Å²) in [5.41, 5.74) is 0.948. The zero-order chi connectivity index (χ0) is 15.5. The number of benzene rings is 1. The van der Waals surface area contributed by atoms with E-state index in [9.17, 15) is 18.5 Å². The highest BCUT2D eigenvalue weighted by Gasteiger charge is 2.12. The molecular weight excluding hydrogens is 314 g/mol. The number of aryl methyl sites for hydroxylation is 1. The Morgan fingerprint density at radius 3 is 2.48 bits per heavy atom. The SMILES string of the molecule is Cc1ccc(S(=O)(=O)NN=Cc2ccc([N+](=O)[O-])s2)cc1. The van der Waals surface area contributed by atoms with Gasteiger partial charge in [0.1, 0.15) is 0 Å². The number of thiophene rings is 1. The van der Waals surface area contributed by atoms with Crippen molar-refractivity contribution in [1.29, 1.82) is 0 Å². The molecule has 0 fully saturated rings. The van der Waals surface area contributed by atoms with E-state index in [1.54, 1.807) is 12.1 Å². The summed E-state index contributed by atoms with van der Waals surface area (Å²) in [5, 5.41) is 14.1. The van der Waals surface area contributed by atoms with E-state index in [2.05, 4.69) is 9.93 Å². The van der Waals surface area contributed by atoms with Gasteiger partial charge in [0.05, 0.1) is 20.9 Å². The molecule has 0 spiro atoms. The predicted molar refractivity (Wildman–Crippen MR) is 80.1 cm³/mol. The first kappa shape index (κ1) is 15.1. The van der Waals surface area contributed by atoms with Gasteiger partial charge in [-0.05, 0) is 25.1 Å². The van der Waals surface area contributed by atoms with Crippen molar-refractivity contribution >= 4 is 32.6 Å². The molecule has 7 nitrogen and oxygen atoms in total. The second-order valence-corrected chi connectivity index (χ2v) is 6.85. The highest BCUT2D eigenvalue weighted by atomic mass is 32.2. The number of nitrogens with zero attached hydrogens (tertiary/aromatic N) is 2. The summed E-state index contributed by atoms with van der Waals surface area (Å²) < 4.78 is 23.8. The van der Waals surface area contributed by atoms with Crippen LogP contribution in [0.5, 0.6) is 0 Å². The summed E-state index contributed by atoms with van der Waals surface area (Å²) in [6, 6.07) is 9.14. The molecule has 1 N–H and O–H groups in total. The molecule has 1 heterocycles. The van der Waals surface area contributed by atoms with Crippen molar-refractivity contribution in [3.63, 3.8) is 0 Å². The number of rotatable bonds is 5. The van der Waals surface area contributed by atoms with Gasteiger partial charge in [-0.1, -0.05) is 29.0 Å². The Morgan fingerprint density at radius 2 is 1.90 bits per heavy atom. The Morgan fingerprint density at radius 1 is 1.24 bits per heavy atom. The standard InChI is InChI=1S/C12H11N3O4S2/c1-9-2-5-11(6-3-9)21(18,19)14-13-8-10-4-7-12(20-10)15(16)17/h2-8,14H,1H3. The second kappa shape index (κ2) is 6.02. The van der Waals surface area contributed by atoms with E-state index in [-0.39, 0.29) is 9.90 Å². The monoisotopic (exact) mass is 325 g/mol. The molecule has 0 bridgehead atoms. The fourth-order valence-electron chi connectivity index (χ4n) is 1.44. The lowest BCUT2D eigenvalue weighted by Crippen LogP contribution is -2.18. The van der Waals surface area contributed by atoms with Crippen LogP contribution in [0.25, 0.3) is 0 Å². The Labute approximate surface area is 125 Å². The van der Waals surface area contributed by atoms with Crippen molar-refractivity contribution in [3.05, 3.63) is 57.0 Å². The van der Waals surface area contributed by atoms with Crippen molar-refractivity contribution in [1.82, 2.24) is 4.83 Å². The molecule has 0 aliphatic heterocycles. The molecule has 9 heteroatoms. The fourth-order valence-corrected chi connectivity index (χ4v) is 2.92. The van der Waals surface area contributed by atoms with Crippen LogP contribution in [0, 0.1) is 17.0 Å². The van der Waals surface area contributed by atoms with E-state index in [0.29, 0.717) is 4.88 Å². The number of hydrazone groups is 1. The summed E-state index contributed by atoms with van der Waals surface area (Å²) in [4.78, 5) is 12.6. The van der Waals surface area contributed by atoms with Gasteiger partial charge in [-0.2, -0.15) is 13.5 Å². The van der Waals surface area contributed by atoms with E-state index in [0.717, 1.165) is 16.9 Å². The van der Waals surface area contributed by atoms with E-state index in [4.69, 9.17) is 0 Å². The van der Waals surface area contributed by atoms with Crippen LogP contribution in [0.3, 0.4) is 0 Å². The number of nitrogens with one attached hydrogen (secondary N) is 1. The fraction of sp³-hybridized carbons (Fsp3) is 0.0833. The maximum atomic E-state index is 11.9. The minimum atomic E-state index is -3.73. The molecule has 21 heavy (non-hydrogen) atoms. The maximum Gasteiger partial charge on any atom is 0.324 e. The summed E-state index contributed by atoms with van der Waals surface area (Å²) in [6.45, 7) is 1.85. The normalized spacial score (nSPS) is 11.7. The van der Waals surface area contributed by atoms with Gasteiger partial charge in [0.25, 0.3) is 10.0 Å². The molecule has 0 aliphatic carbocycles. The van der Waals surface area contributed by atoms with Crippen LogP contribution in [0.1, 0.15) is 10.4 Å². The predicted octanol–water partition coefficient (Wildman–Crippen LogP) is 2.28. The smallest absolute Gasteiger partial charge is 0.258 e. The van der Waals surface area contributed by atoms with Crippen LogP contribution in [0.15, 0.2) is 46.4 Å². The second-order valence-electron chi connectivity index (χ2n) is 4.10. The number of hydrogen-bond acceptors (Lipinski definition) is 6. The van der Waals surface area contributed by atoms with Gasteiger partial charge in [0.15, 0.2) is 0 Å². The first-order valence-corrected chi connectivity index (χ1v) is 8.04. The lowest BCUT2D eigenvalue weighted by Gasteiger charge is -2.02. The molecule has 0 aliphatic rings. The van der Waals surface area contributed by atoms with Gasteiger partial charge >= 0.3 is 5.00 Å². The summed E-state index contributed by atoms with van der Waals surface area (Å²) >= 11 is 0.906. The van der Waals surface area contributed by atoms with Gasteiger partial charge in [0.2, 0.25) is 0 Å². The third kappa shape index (κ3) is 3.86. The Bertz CT molecular complexity index is 779. The summed E-state index contributed by atoms with van der Waals surface area (Å²) in [7, 11) is -3.73. The maximum absolute atomic E-state index is 11.9. The average Bonchev–Trinajstić information content (AvgIpc) is 2.88. The van der Waals surface area contributed by atoms with Crippen molar-refractivity contribution < 1.29 is 13.3 Å². The van der Waals surface area contributed by atoms with Gasteiger partial charge in [0, 0.05) is 6.07 Å². The first-order valence-electron chi connectivity index (χ1n) is 5.74. The Balaban J connectivity index is 2.08. The van der Waals surface area contributed by atoms with E-state index < -0.39 is 14.9 Å². The van der Waals surface area contributed by atoms with Crippen LogP contribution >= 0.6 is 11.3 Å². The number of sulfonamides is 1. The lowest BCUT2D eigenvalue weighted by atomic mass is 10.2. The van der Waals surface area contributed by atoms with Crippen LogP contribution in [0.4, 0.5) is 5.00 Å². The van der Waals surface area contributed by atoms with E-state index in [1.807, 2.05) is 6.92 Å². The van der Waals surface area contributed by atoms with Crippen molar-refractivity contribution in [2.24, 2.45) is 5.10 Å². The van der Waals surface area contributed by atoms with E-state index in [1.165, 1.54) is 30.5 Å². The van der Waals surface area contributed by atoms with Crippen molar-refractivity contribution in [3.8, 4) is 0 Å². The third-order valence-electron chi connectivity index (χ3n) is 2.49. The minimum Gasteiger partial charge on any atom is -0.258 e. The molecular formula is C12H11N3O4S2. The van der Waals surface area contributed by atoms with Gasteiger partial charge in [-0.15, -0.1) is 0 Å². The topological polar surface area (TPSA) is 102 Å². The van der Waals surface area contributed by atoms with Crippen molar-refractivity contribution in [2.45, 2.75) is 11.8 Å². The first-order chi connectivity index (χ1) is 9.88. The largest absolute Gasteiger partial charge is 0.324 e. The van der Waals surface area contributed by atoms with E-state index >= 15 is 0 Å². The highest BCUT2D eigenvalue weighted by molar-refractivity contribution is 7.89. The molecule has 2 aromatic rings. The lowest BCUT2D eigenvalue weighted by molar-refractivity contribution is -0.380. The van der Waals surface area contributed by atoms with Crippen LogP contribution < -0.4 is 4.83 Å². The molecule has 0 saturated carbocycles. The molecule has 0 atom stereocenters. The highest BCUT2D eigenvalue weighted by Crippen LogP contribution is 2.22. The molecule has 2 rings (SSSR count). The zero-order valence-corrected chi connectivity index (χ0v) is 12.5. The molecule has 110 valence electrons. The molecule has 1 aromatic carbocycles. The molecule has 1 aromatic heterocycles. The van der Waals surface area contributed by atoms with Gasteiger partial charge in [-0.25, -0.2) is 4.83 Å². The van der Waals surface area contributed by atoms with Gasteiger partial charge in [-0.3, -0.25) is 10.1 Å². The molecule has 0 radical (unpaired) electrons. The van der Waals surface area contributed by atoms with Gasteiger partial charge < -0.3 is 0 Å². The Kier molecular flexibility index (Phi) is 4.34. The molecule has 0 saturated heterocycles. The quantitative estimate of drug-likeness (QED) is 0.517. The van der Waals surface area contributed by atoms with Crippen LogP contribution in [-0.4, -0.2) is 19.6 Å².